The predicted molar refractivity (Wildman–Crippen MR) is 98.6 cm³/mol. The number of likely N-dealkylation sites (tertiary alicyclic amines) is 1. The maximum absolute atomic E-state index is 12.1. The largest absolute Gasteiger partial charge is 0.350 e. The summed E-state index contributed by atoms with van der Waals surface area (Å²) in [5.41, 5.74) is 2.71. The van der Waals surface area contributed by atoms with Crippen LogP contribution in [0.5, 0.6) is 0 Å². The summed E-state index contributed by atoms with van der Waals surface area (Å²) in [5.74, 6) is 0.286. The molecule has 2 heterocycles. The lowest BCUT2D eigenvalue weighted by Crippen LogP contribution is -2.38. The zero-order valence-electron chi connectivity index (χ0n) is 14.6. The Bertz CT molecular complexity index is 759. The van der Waals surface area contributed by atoms with Gasteiger partial charge in [-0.05, 0) is 50.4 Å². The van der Waals surface area contributed by atoms with E-state index in [1.165, 1.54) is 17.2 Å². The van der Waals surface area contributed by atoms with Crippen molar-refractivity contribution in [3.63, 3.8) is 0 Å². The molecule has 2 aromatic rings. The molecule has 0 bridgehead atoms. The highest BCUT2D eigenvalue weighted by molar-refractivity contribution is 5.92. The van der Waals surface area contributed by atoms with Gasteiger partial charge in [0.1, 0.15) is 5.69 Å². The molecule has 0 aliphatic carbocycles. The topological polar surface area (TPSA) is 65.2 Å². The standard InChI is InChI=1S/C20H25N3O2/c1-15-5-7-17(8-6-15)14-23-11-9-16(10-12-23)13-21-20(25)18-3-2-4-19(24)22-18/h2-8,16H,9-14H2,1H3,(H,21,25)(H,22,24). The molecule has 132 valence electrons. The highest BCUT2D eigenvalue weighted by Crippen LogP contribution is 2.18. The number of nitrogens with one attached hydrogen (secondary N) is 2. The van der Waals surface area contributed by atoms with Crippen molar-refractivity contribution in [3.05, 3.63) is 69.6 Å². The number of pyridine rings is 1. The van der Waals surface area contributed by atoms with Crippen LogP contribution < -0.4 is 10.9 Å². The summed E-state index contributed by atoms with van der Waals surface area (Å²) in [6, 6.07) is 13.3. The van der Waals surface area contributed by atoms with Crippen LogP contribution in [-0.2, 0) is 6.54 Å². The molecule has 5 nitrogen and oxygen atoms in total. The number of benzene rings is 1. The number of aromatic amines is 1. The number of piperidine rings is 1. The van der Waals surface area contributed by atoms with Gasteiger partial charge in [0.2, 0.25) is 5.56 Å². The lowest BCUT2D eigenvalue weighted by molar-refractivity contribution is 0.0930. The van der Waals surface area contributed by atoms with Crippen molar-refractivity contribution in [1.29, 1.82) is 0 Å². The first kappa shape index (κ1) is 17.4. The second-order valence-corrected chi connectivity index (χ2v) is 6.84. The number of rotatable bonds is 5. The van der Waals surface area contributed by atoms with E-state index in [2.05, 4.69) is 46.4 Å². The molecule has 0 atom stereocenters. The van der Waals surface area contributed by atoms with E-state index in [-0.39, 0.29) is 11.5 Å². The van der Waals surface area contributed by atoms with Crippen LogP contribution in [0.15, 0.2) is 47.3 Å². The van der Waals surface area contributed by atoms with E-state index in [0.29, 0.717) is 18.2 Å². The summed E-state index contributed by atoms with van der Waals surface area (Å²) in [7, 11) is 0. The number of amides is 1. The van der Waals surface area contributed by atoms with E-state index in [1.807, 2.05) is 0 Å². The minimum atomic E-state index is -0.253. The Hall–Kier alpha value is -2.40. The van der Waals surface area contributed by atoms with Crippen LogP contribution in [0, 0.1) is 12.8 Å². The molecule has 1 aromatic heterocycles. The third-order valence-corrected chi connectivity index (χ3v) is 4.80. The summed E-state index contributed by atoms with van der Waals surface area (Å²) >= 11 is 0. The Balaban J connectivity index is 1.42. The second-order valence-electron chi connectivity index (χ2n) is 6.84. The fourth-order valence-electron chi connectivity index (χ4n) is 3.21. The smallest absolute Gasteiger partial charge is 0.267 e. The second kappa shape index (κ2) is 8.12. The summed E-state index contributed by atoms with van der Waals surface area (Å²) in [6.45, 7) is 5.86. The fraction of sp³-hybridized carbons (Fsp3) is 0.400. The Kier molecular flexibility index (Phi) is 5.66. The third-order valence-electron chi connectivity index (χ3n) is 4.80. The number of hydrogen-bond donors (Lipinski definition) is 2. The van der Waals surface area contributed by atoms with Crippen LogP contribution in [0.3, 0.4) is 0 Å². The molecular weight excluding hydrogens is 314 g/mol. The highest BCUT2D eigenvalue weighted by Gasteiger charge is 2.20. The van der Waals surface area contributed by atoms with Crippen LogP contribution in [0.25, 0.3) is 0 Å². The van der Waals surface area contributed by atoms with Crippen molar-refractivity contribution in [2.45, 2.75) is 26.3 Å². The minimum Gasteiger partial charge on any atom is -0.350 e. The zero-order chi connectivity index (χ0) is 17.6. The van der Waals surface area contributed by atoms with Crippen molar-refractivity contribution in [1.82, 2.24) is 15.2 Å². The summed E-state index contributed by atoms with van der Waals surface area (Å²) < 4.78 is 0. The van der Waals surface area contributed by atoms with E-state index in [4.69, 9.17) is 0 Å². The molecule has 0 unspecified atom stereocenters. The van der Waals surface area contributed by atoms with E-state index >= 15 is 0 Å². The highest BCUT2D eigenvalue weighted by atomic mass is 16.2. The molecular formula is C20H25N3O2. The SMILES string of the molecule is Cc1ccc(CN2CCC(CNC(=O)c3cccc(=O)[nH]3)CC2)cc1. The summed E-state index contributed by atoms with van der Waals surface area (Å²) in [5, 5.41) is 2.94. The van der Waals surface area contributed by atoms with Gasteiger partial charge in [0.05, 0.1) is 0 Å². The van der Waals surface area contributed by atoms with Crippen LogP contribution >= 0.6 is 0 Å². The number of nitrogens with zero attached hydrogens (tertiary/aromatic N) is 1. The Morgan fingerprint density at radius 3 is 2.56 bits per heavy atom. The number of hydrogen-bond acceptors (Lipinski definition) is 3. The van der Waals surface area contributed by atoms with Crippen molar-refractivity contribution in [2.75, 3.05) is 19.6 Å². The van der Waals surface area contributed by atoms with Gasteiger partial charge in [0.25, 0.3) is 5.91 Å². The lowest BCUT2D eigenvalue weighted by Gasteiger charge is -2.32. The fourth-order valence-corrected chi connectivity index (χ4v) is 3.21. The quantitative estimate of drug-likeness (QED) is 0.879. The number of aryl methyl sites for hydroxylation is 1. The number of carbonyl (C=O) groups excluding carboxylic acids is 1. The molecule has 1 aliphatic heterocycles. The van der Waals surface area contributed by atoms with Crippen molar-refractivity contribution < 1.29 is 4.79 Å². The molecule has 1 fully saturated rings. The maximum atomic E-state index is 12.1. The number of aromatic nitrogens is 1. The van der Waals surface area contributed by atoms with Gasteiger partial charge in [-0.1, -0.05) is 35.9 Å². The van der Waals surface area contributed by atoms with Crippen molar-refractivity contribution in [2.24, 2.45) is 5.92 Å². The van der Waals surface area contributed by atoms with Gasteiger partial charge in [0.15, 0.2) is 0 Å². The predicted octanol–water partition coefficient (Wildman–Crippen LogP) is 2.33. The molecule has 1 aromatic carbocycles. The van der Waals surface area contributed by atoms with E-state index in [1.54, 1.807) is 12.1 Å². The molecule has 1 amide bonds. The first-order valence-corrected chi connectivity index (χ1v) is 8.85. The van der Waals surface area contributed by atoms with Crippen LogP contribution in [-0.4, -0.2) is 35.4 Å². The Morgan fingerprint density at radius 2 is 1.88 bits per heavy atom. The first-order valence-electron chi connectivity index (χ1n) is 8.85. The van der Waals surface area contributed by atoms with Crippen LogP contribution in [0.1, 0.15) is 34.5 Å². The van der Waals surface area contributed by atoms with E-state index < -0.39 is 0 Å². The van der Waals surface area contributed by atoms with Crippen molar-refractivity contribution in [3.8, 4) is 0 Å². The number of H-pyrrole nitrogens is 1. The van der Waals surface area contributed by atoms with Crippen LogP contribution in [0.2, 0.25) is 0 Å². The monoisotopic (exact) mass is 339 g/mol. The van der Waals surface area contributed by atoms with Gasteiger partial charge in [-0.2, -0.15) is 0 Å². The molecule has 1 aliphatic rings. The van der Waals surface area contributed by atoms with E-state index in [9.17, 15) is 9.59 Å². The first-order chi connectivity index (χ1) is 12.1. The summed E-state index contributed by atoms with van der Waals surface area (Å²) in [6.07, 6.45) is 2.16. The van der Waals surface area contributed by atoms with Gasteiger partial charge in [-0.15, -0.1) is 0 Å². The molecule has 25 heavy (non-hydrogen) atoms. The molecule has 5 heteroatoms. The normalized spacial score (nSPS) is 15.9. The average Bonchev–Trinajstić information content (AvgIpc) is 2.63. The Labute approximate surface area is 148 Å². The zero-order valence-corrected chi connectivity index (χ0v) is 14.6. The molecule has 0 spiro atoms. The number of carbonyl (C=O) groups is 1. The molecule has 1 saturated heterocycles. The lowest BCUT2D eigenvalue weighted by atomic mass is 9.96. The van der Waals surface area contributed by atoms with Crippen LogP contribution in [0.4, 0.5) is 0 Å². The van der Waals surface area contributed by atoms with Crippen molar-refractivity contribution >= 4 is 5.91 Å². The summed E-state index contributed by atoms with van der Waals surface area (Å²) in [4.78, 5) is 28.4. The third kappa shape index (κ3) is 5.03. The van der Waals surface area contributed by atoms with Gasteiger partial charge >= 0.3 is 0 Å². The molecule has 2 N–H and O–H groups in total. The molecule has 3 rings (SSSR count). The molecule has 0 radical (unpaired) electrons. The Morgan fingerprint density at radius 1 is 1.16 bits per heavy atom. The minimum absolute atomic E-state index is 0.209. The van der Waals surface area contributed by atoms with Gasteiger partial charge in [0, 0.05) is 19.2 Å². The average molecular weight is 339 g/mol. The van der Waals surface area contributed by atoms with Gasteiger partial charge < -0.3 is 10.3 Å². The molecule has 0 saturated carbocycles. The van der Waals surface area contributed by atoms with Gasteiger partial charge in [-0.25, -0.2) is 0 Å². The van der Waals surface area contributed by atoms with E-state index in [0.717, 1.165) is 32.5 Å². The van der Waals surface area contributed by atoms with Gasteiger partial charge in [-0.3, -0.25) is 14.5 Å². The maximum Gasteiger partial charge on any atom is 0.267 e.